The van der Waals surface area contributed by atoms with Crippen LogP contribution in [0.4, 0.5) is 0 Å². The molecule has 0 aromatic rings. The van der Waals surface area contributed by atoms with Gasteiger partial charge < -0.3 is 14.7 Å². The molecule has 2 heterocycles. The van der Waals surface area contributed by atoms with Gasteiger partial charge in [0.05, 0.1) is 12.7 Å². The Balaban J connectivity index is 1.63. The van der Waals surface area contributed by atoms with E-state index in [1.807, 2.05) is 0 Å². The van der Waals surface area contributed by atoms with Gasteiger partial charge in [-0.05, 0) is 38.8 Å². The summed E-state index contributed by atoms with van der Waals surface area (Å²) in [6.07, 6.45) is 2.35. The van der Waals surface area contributed by atoms with Crippen molar-refractivity contribution in [1.29, 1.82) is 0 Å². The van der Waals surface area contributed by atoms with Crippen LogP contribution >= 0.6 is 0 Å². The van der Waals surface area contributed by atoms with E-state index in [2.05, 4.69) is 28.5 Å². The second-order valence-electron chi connectivity index (χ2n) is 7.28. The van der Waals surface area contributed by atoms with Gasteiger partial charge in [-0.25, -0.2) is 0 Å². The third kappa shape index (κ3) is 5.78. The lowest BCUT2D eigenvalue weighted by molar-refractivity contribution is 0.0240. The van der Waals surface area contributed by atoms with Crippen LogP contribution in [0.2, 0.25) is 0 Å². The monoisotopic (exact) mass is 313 g/mol. The number of β-amino-alcohol motifs (C(OH)–C–C–N with tert-alkyl or cyclic N) is 1. The van der Waals surface area contributed by atoms with Crippen LogP contribution < -0.4 is 0 Å². The minimum Gasteiger partial charge on any atom is -0.390 e. The summed E-state index contributed by atoms with van der Waals surface area (Å²) in [4.78, 5) is 7.33. The SMILES string of the molecule is COCC(C)N1CCN(CC(O)CN2CCC(C)CC2)CC1. The number of aliphatic hydroxyl groups is 1. The summed E-state index contributed by atoms with van der Waals surface area (Å²) in [6.45, 7) is 13.6. The molecule has 2 saturated heterocycles. The number of hydrogen-bond acceptors (Lipinski definition) is 5. The Morgan fingerprint density at radius 2 is 1.55 bits per heavy atom. The van der Waals surface area contributed by atoms with Crippen LogP contribution in [0.1, 0.15) is 26.7 Å². The predicted molar refractivity (Wildman–Crippen MR) is 90.2 cm³/mol. The molecule has 0 bridgehead atoms. The van der Waals surface area contributed by atoms with Crippen molar-refractivity contribution in [1.82, 2.24) is 14.7 Å². The summed E-state index contributed by atoms with van der Waals surface area (Å²) < 4.78 is 5.24. The zero-order valence-corrected chi connectivity index (χ0v) is 14.7. The number of rotatable bonds is 7. The maximum Gasteiger partial charge on any atom is 0.0793 e. The van der Waals surface area contributed by atoms with Crippen LogP contribution in [0.15, 0.2) is 0 Å². The highest BCUT2D eigenvalue weighted by atomic mass is 16.5. The number of nitrogens with zero attached hydrogens (tertiary/aromatic N) is 3. The zero-order valence-electron chi connectivity index (χ0n) is 14.7. The molecule has 0 spiro atoms. The largest absolute Gasteiger partial charge is 0.390 e. The Morgan fingerprint density at radius 3 is 2.09 bits per heavy atom. The van der Waals surface area contributed by atoms with Gasteiger partial charge >= 0.3 is 0 Å². The normalized spacial score (nSPS) is 26.2. The summed E-state index contributed by atoms with van der Waals surface area (Å²) >= 11 is 0. The highest BCUT2D eigenvalue weighted by Crippen LogP contribution is 2.16. The van der Waals surface area contributed by atoms with Crippen molar-refractivity contribution in [2.75, 3.05) is 66.1 Å². The molecule has 5 heteroatoms. The summed E-state index contributed by atoms with van der Waals surface area (Å²) in [6, 6.07) is 0.493. The lowest BCUT2D eigenvalue weighted by atomic mass is 9.99. The van der Waals surface area contributed by atoms with Crippen LogP contribution in [0.3, 0.4) is 0 Å². The van der Waals surface area contributed by atoms with E-state index in [4.69, 9.17) is 4.74 Å². The van der Waals surface area contributed by atoms with Crippen molar-refractivity contribution < 1.29 is 9.84 Å². The minimum atomic E-state index is -0.212. The Morgan fingerprint density at radius 1 is 1.00 bits per heavy atom. The molecule has 130 valence electrons. The standard InChI is InChI=1S/C17H35N3O2/c1-15-4-6-18(7-5-15)12-17(21)13-19-8-10-20(11-9-19)16(2)14-22-3/h15-17,21H,4-14H2,1-3H3. The number of hydrogen-bond donors (Lipinski definition) is 1. The van der Waals surface area contributed by atoms with E-state index in [0.29, 0.717) is 6.04 Å². The van der Waals surface area contributed by atoms with Crippen LogP contribution in [-0.2, 0) is 4.74 Å². The quantitative estimate of drug-likeness (QED) is 0.750. The molecule has 0 amide bonds. The molecular formula is C17H35N3O2. The topological polar surface area (TPSA) is 39.2 Å². The molecule has 5 nitrogen and oxygen atoms in total. The maximum atomic E-state index is 10.4. The van der Waals surface area contributed by atoms with Gasteiger partial charge in [0.1, 0.15) is 0 Å². The lowest BCUT2D eigenvalue weighted by Crippen LogP contribution is -2.53. The molecule has 2 aliphatic rings. The van der Waals surface area contributed by atoms with Crippen molar-refractivity contribution in [3.8, 4) is 0 Å². The first-order valence-electron chi connectivity index (χ1n) is 8.94. The molecule has 2 aliphatic heterocycles. The van der Waals surface area contributed by atoms with Crippen LogP contribution in [0.5, 0.6) is 0 Å². The summed E-state index contributed by atoms with van der Waals surface area (Å²) in [5, 5.41) is 10.4. The Bertz CT molecular complexity index is 300. The van der Waals surface area contributed by atoms with Gasteiger partial charge in [-0.1, -0.05) is 6.92 Å². The van der Waals surface area contributed by atoms with Crippen LogP contribution in [0.25, 0.3) is 0 Å². The number of piperazine rings is 1. The average molecular weight is 313 g/mol. The maximum absolute atomic E-state index is 10.4. The average Bonchev–Trinajstić information content (AvgIpc) is 2.50. The van der Waals surface area contributed by atoms with Crippen LogP contribution in [0, 0.1) is 5.92 Å². The molecular weight excluding hydrogens is 278 g/mol. The summed E-state index contributed by atoms with van der Waals surface area (Å²) in [5.41, 5.74) is 0. The van der Waals surface area contributed by atoms with E-state index in [9.17, 15) is 5.11 Å². The van der Waals surface area contributed by atoms with Gasteiger partial charge in [0.25, 0.3) is 0 Å². The number of ether oxygens (including phenoxy) is 1. The number of methoxy groups -OCH3 is 1. The zero-order chi connectivity index (χ0) is 15.9. The molecule has 2 fully saturated rings. The van der Waals surface area contributed by atoms with Gasteiger partial charge in [0, 0.05) is 52.4 Å². The number of piperidine rings is 1. The van der Waals surface area contributed by atoms with Crippen molar-refractivity contribution in [3.63, 3.8) is 0 Å². The van der Waals surface area contributed by atoms with E-state index in [0.717, 1.165) is 64.9 Å². The summed E-state index contributed by atoms with van der Waals surface area (Å²) in [5.74, 6) is 0.857. The van der Waals surface area contributed by atoms with E-state index in [1.54, 1.807) is 7.11 Å². The minimum absolute atomic E-state index is 0.212. The second-order valence-corrected chi connectivity index (χ2v) is 7.28. The molecule has 0 radical (unpaired) electrons. The van der Waals surface area contributed by atoms with Crippen molar-refractivity contribution in [3.05, 3.63) is 0 Å². The predicted octanol–water partition coefficient (Wildman–Crippen LogP) is 0.732. The van der Waals surface area contributed by atoms with Gasteiger partial charge in [-0.15, -0.1) is 0 Å². The Kier molecular flexibility index (Phi) is 7.57. The molecule has 2 unspecified atom stereocenters. The highest BCUT2D eigenvalue weighted by Gasteiger charge is 2.24. The Labute approximate surface area is 136 Å². The summed E-state index contributed by atoms with van der Waals surface area (Å²) in [7, 11) is 1.77. The van der Waals surface area contributed by atoms with Gasteiger partial charge in [-0.3, -0.25) is 9.80 Å². The van der Waals surface area contributed by atoms with Crippen molar-refractivity contribution >= 4 is 0 Å². The van der Waals surface area contributed by atoms with E-state index in [-0.39, 0.29) is 6.10 Å². The lowest BCUT2D eigenvalue weighted by Gasteiger charge is -2.39. The first-order chi connectivity index (χ1) is 10.6. The first kappa shape index (κ1) is 18.1. The molecule has 0 saturated carbocycles. The van der Waals surface area contributed by atoms with E-state index < -0.39 is 0 Å². The van der Waals surface area contributed by atoms with Gasteiger partial charge in [-0.2, -0.15) is 0 Å². The third-order valence-corrected chi connectivity index (χ3v) is 5.25. The fourth-order valence-electron chi connectivity index (χ4n) is 3.63. The molecule has 22 heavy (non-hydrogen) atoms. The molecule has 0 aliphatic carbocycles. The fourth-order valence-corrected chi connectivity index (χ4v) is 3.63. The van der Waals surface area contributed by atoms with E-state index in [1.165, 1.54) is 12.8 Å². The molecule has 2 rings (SSSR count). The number of aliphatic hydroxyl groups excluding tert-OH is 1. The number of likely N-dealkylation sites (tertiary alicyclic amines) is 1. The fraction of sp³-hybridized carbons (Fsp3) is 1.00. The Hall–Kier alpha value is -0.200. The molecule has 0 aromatic carbocycles. The first-order valence-corrected chi connectivity index (χ1v) is 8.94. The smallest absolute Gasteiger partial charge is 0.0793 e. The van der Waals surface area contributed by atoms with Crippen molar-refractivity contribution in [2.24, 2.45) is 5.92 Å². The molecule has 2 atom stereocenters. The van der Waals surface area contributed by atoms with Crippen molar-refractivity contribution in [2.45, 2.75) is 38.8 Å². The third-order valence-electron chi connectivity index (χ3n) is 5.25. The highest BCUT2D eigenvalue weighted by molar-refractivity contribution is 4.79. The van der Waals surface area contributed by atoms with Gasteiger partial charge in [0.15, 0.2) is 0 Å². The van der Waals surface area contributed by atoms with Crippen LogP contribution in [-0.4, -0.2) is 98.0 Å². The molecule has 0 aromatic heterocycles. The van der Waals surface area contributed by atoms with Gasteiger partial charge in [0.2, 0.25) is 0 Å². The van der Waals surface area contributed by atoms with E-state index >= 15 is 0 Å². The second kappa shape index (κ2) is 9.18. The molecule has 1 N–H and O–H groups in total.